The number of ether oxygens (including phenoxy) is 2. The molecule has 21 heavy (non-hydrogen) atoms. The molecule has 2 atom stereocenters. The van der Waals surface area contributed by atoms with Crippen molar-refractivity contribution in [1.29, 1.82) is 0 Å². The highest BCUT2D eigenvalue weighted by Gasteiger charge is 2.37. The number of rotatable bonds is 3. The lowest BCUT2D eigenvalue weighted by Gasteiger charge is -2.37. The average Bonchev–Trinajstić information content (AvgIpc) is 2.51. The molecule has 0 saturated carbocycles. The zero-order valence-corrected chi connectivity index (χ0v) is 12.6. The molecule has 6 heteroatoms. The first-order valence-electron chi connectivity index (χ1n) is 6.78. The molecule has 1 aliphatic heterocycles. The first kappa shape index (κ1) is 15.5. The number of allylic oxidation sites excluding steroid dienone is 2. The SMILES string of the molecule is CCC=C1C(=C(C)OC)[NH+]([O-])c2cccc(OC)c2[NH+]1[O-]. The number of hydroxylamine groups is 2. The average molecular weight is 292 g/mol. The minimum absolute atomic E-state index is 0.199. The van der Waals surface area contributed by atoms with Crippen LogP contribution in [0.3, 0.4) is 0 Å². The molecule has 0 amide bonds. The van der Waals surface area contributed by atoms with E-state index in [9.17, 15) is 10.4 Å². The highest BCUT2D eigenvalue weighted by molar-refractivity contribution is 5.64. The van der Waals surface area contributed by atoms with E-state index in [4.69, 9.17) is 9.47 Å². The van der Waals surface area contributed by atoms with Gasteiger partial charge in [-0.1, -0.05) is 13.0 Å². The standard InChI is InChI=1S/C15H20N2O4/c1-5-7-11-14(10(2)20-3)16(18)12-8-6-9-13(21-4)15(12)17(11)19/h6-9,16-17H,5H2,1-4H3. The molecule has 0 fully saturated rings. The van der Waals surface area contributed by atoms with E-state index in [1.165, 1.54) is 14.2 Å². The zero-order valence-electron chi connectivity index (χ0n) is 12.6. The Balaban J connectivity index is 2.73. The molecule has 1 aromatic carbocycles. The maximum Gasteiger partial charge on any atom is 0.240 e. The Morgan fingerprint density at radius 2 is 1.95 bits per heavy atom. The van der Waals surface area contributed by atoms with Gasteiger partial charge in [-0.25, -0.2) is 0 Å². The summed E-state index contributed by atoms with van der Waals surface area (Å²) in [6.45, 7) is 3.61. The maximum atomic E-state index is 12.8. The summed E-state index contributed by atoms with van der Waals surface area (Å²) in [5.74, 6) is 0.864. The minimum Gasteiger partial charge on any atom is -0.623 e. The molecule has 0 aliphatic carbocycles. The normalized spacial score (nSPS) is 25.5. The highest BCUT2D eigenvalue weighted by Crippen LogP contribution is 2.30. The molecule has 1 heterocycles. The molecular weight excluding hydrogens is 272 g/mol. The molecule has 0 bridgehead atoms. The monoisotopic (exact) mass is 292 g/mol. The van der Waals surface area contributed by atoms with Gasteiger partial charge in [0, 0.05) is 6.07 Å². The maximum absolute atomic E-state index is 12.8. The smallest absolute Gasteiger partial charge is 0.240 e. The Labute approximate surface area is 124 Å². The van der Waals surface area contributed by atoms with Crippen LogP contribution in [0.15, 0.2) is 41.4 Å². The van der Waals surface area contributed by atoms with E-state index in [1.54, 1.807) is 31.2 Å². The molecular formula is C15H20N2O4. The molecule has 2 N–H and O–H groups in total. The fourth-order valence-electron chi connectivity index (χ4n) is 2.48. The number of methoxy groups -OCH3 is 2. The fraction of sp³-hybridized carbons (Fsp3) is 0.333. The molecule has 0 saturated heterocycles. The van der Waals surface area contributed by atoms with E-state index in [0.717, 1.165) is 0 Å². The van der Waals surface area contributed by atoms with Gasteiger partial charge in [-0.3, -0.25) is 10.1 Å². The third-order valence-corrected chi connectivity index (χ3v) is 3.53. The molecule has 0 spiro atoms. The fourth-order valence-corrected chi connectivity index (χ4v) is 2.48. The summed E-state index contributed by atoms with van der Waals surface area (Å²) in [7, 11) is 2.98. The second kappa shape index (κ2) is 6.28. The summed E-state index contributed by atoms with van der Waals surface area (Å²) in [6, 6.07) is 5.03. The van der Waals surface area contributed by atoms with Crippen LogP contribution < -0.4 is 14.9 Å². The van der Waals surface area contributed by atoms with Gasteiger partial charge >= 0.3 is 0 Å². The van der Waals surface area contributed by atoms with Crippen LogP contribution >= 0.6 is 0 Å². The van der Waals surface area contributed by atoms with Crippen LogP contribution in [-0.4, -0.2) is 14.2 Å². The number of hydrogen-bond acceptors (Lipinski definition) is 4. The molecule has 1 aliphatic rings. The van der Waals surface area contributed by atoms with Crippen LogP contribution in [0, 0.1) is 10.4 Å². The summed E-state index contributed by atoms with van der Waals surface area (Å²) in [6.07, 6.45) is 2.41. The zero-order chi connectivity index (χ0) is 15.6. The van der Waals surface area contributed by atoms with Crippen molar-refractivity contribution in [3.63, 3.8) is 0 Å². The van der Waals surface area contributed by atoms with Gasteiger partial charge in [0.25, 0.3) is 0 Å². The van der Waals surface area contributed by atoms with Crippen molar-refractivity contribution in [2.45, 2.75) is 20.3 Å². The highest BCUT2D eigenvalue weighted by atomic mass is 16.5. The second-order valence-corrected chi connectivity index (χ2v) is 4.70. The third kappa shape index (κ3) is 2.54. The van der Waals surface area contributed by atoms with Gasteiger partial charge in [0.2, 0.25) is 17.1 Å². The summed E-state index contributed by atoms with van der Waals surface area (Å²) in [4.78, 5) is 0. The predicted octanol–water partition coefficient (Wildman–Crippen LogP) is 0.909. The first-order chi connectivity index (χ1) is 10.1. The molecule has 2 rings (SSSR count). The van der Waals surface area contributed by atoms with Gasteiger partial charge in [-0.15, -0.1) is 0 Å². The lowest BCUT2D eigenvalue weighted by atomic mass is 10.1. The van der Waals surface area contributed by atoms with Gasteiger partial charge in [-0.2, -0.15) is 0 Å². The van der Waals surface area contributed by atoms with Crippen LogP contribution in [0.25, 0.3) is 0 Å². The van der Waals surface area contributed by atoms with Crippen LogP contribution in [0.1, 0.15) is 20.3 Å². The molecule has 6 nitrogen and oxygen atoms in total. The molecule has 2 unspecified atom stereocenters. The second-order valence-electron chi connectivity index (χ2n) is 4.70. The van der Waals surface area contributed by atoms with E-state index in [-0.39, 0.29) is 10.1 Å². The van der Waals surface area contributed by atoms with E-state index in [0.29, 0.717) is 40.7 Å². The van der Waals surface area contributed by atoms with Gasteiger partial charge < -0.3 is 19.9 Å². The Bertz CT molecular complexity index is 595. The number of fused-ring (bicyclic) bond motifs is 1. The molecule has 0 aromatic heterocycles. The summed E-state index contributed by atoms with van der Waals surface area (Å²) in [5, 5.41) is 25.1. The number of nitrogens with one attached hydrogen (secondary N) is 2. The van der Waals surface area contributed by atoms with Gasteiger partial charge in [-0.05, 0) is 25.5 Å². The Hall–Kier alpha value is -1.86. The van der Waals surface area contributed by atoms with E-state index >= 15 is 0 Å². The summed E-state index contributed by atoms with van der Waals surface area (Å²) < 4.78 is 10.4. The third-order valence-electron chi connectivity index (χ3n) is 3.53. The molecule has 114 valence electrons. The topological polar surface area (TPSA) is 73.5 Å². The van der Waals surface area contributed by atoms with Gasteiger partial charge in [0.1, 0.15) is 0 Å². The van der Waals surface area contributed by atoms with Crippen molar-refractivity contribution in [2.75, 3.05) is 14.2 Å². The van der Waals surface area contributed by atoms with Crippen molar-refractivity contribution in [3.05, 3.63) is 51.8 Å². The lowest BCUT2D eigenvalue weighted by Crippen LogP contribution is -3.13. The van der Waals surface area contributed by atoms with Crippen molar-refractivity contribution >= 4 is 11.4 Å². The van der Waals surface area contributed by atoms with Crippen LogP contribution in [0.5, 0.6) is 5.75 Å². The largest absolute Gasteiger partial charge is 0.623 e. The number of quaternary nitrogens is 2. The van der Waals surface area contributed by atoms with Gasteiger partial charge in [0.15, 0.2) is 17.2 Å². The van der Waals surface area contributed by atoms with Gasteiger partial charge in [0.05, 0.1) is 14.2 Å². The van der Waals surface area contributed by atoms with Crippen molar-refractivity contribution in [1.82, 2.24) is 0 Å². The molecule has 0 radical (unpaired) electrons. The number of para-hydroxylation sites is 1. The summed E-state index contributed by atoms with van der Waals surface area (Å²) >= 11 is 0. The van der Waals surface area contributed by atoms with Crippen molar-refractivity contribution in [3.8, 4) is 5.75 Å². The quantitative estimate of drug-likeness (QED) is 0.641. The van der Waals surface area contributed by atoms with Crippen LogP contribution in [0.4, 0.5) is 11.4 Å². The van der Waals surface area contributed by atoms with Crippen LogP contribution in [-0.2, 0) is 4.74 Å². The number of benzene rings is 1. The molecule has 1 aromatic rings. The minimum atomic E-state index is -0.206. The lowest BCUT2D eigenvalue weighted by molar-refractivity contribution is -0.810. The predicted molar refractivity (Wildman–Crippen MR) is 79.1 cm³/mol. The first-order valence-corrected chi connectivity index (χ1v) is 6.78. The van der Waals surface area contributed by atoms with E-state index in [1.807, 2.05) is 6.92 Å². The van der Waals surface area contributed by atoms with E-state index < -0.39 is 0 Å². The Morgan fingerprint density at radius 3 is 2.52 bits per heavy atom. The number of hydrogen-bond donors (Lipinski definition) is 2. The van der Waals surface area contributed by atoms with Crippen molar-refractivity contribution in [2.24, 2.45) is 0 Å². The van der Waals surface area contributed by atoms with Crippen LogP contribution in [0.2, 0.25) is 0 Å². The summed E-state index contributed by atoms with van der Waals surface area (Å²) in [5.41, 5.74) is 1.42. The van der Waals surface area contributed by atoms with Crippen molar-refractivity contribution < 1.29 is 19.6 Å². The Kier molecular flexibility index (Phi) is 4.64. The van der Waals surface area contributed by atoms with E-state index in [2.05, 4.69) is 0 Å². The Morgan fingerprint density at radius 1 is 1.24 bits per heavy atom.